The van der Waals surface area contributed by atoms with E-state index in [0.717, 1.165) is 0 Å². The summed E-state index contributed by atoms with van der Waals surface area (Å²) < 4.78 is 0. The molecule has 0 atom stereocenters. The quantitative estimate of drug-likeness (QED) is 0.685. The number of carboxylic acid groups (broad SMARTS) is 1. The second-order valence-corrected chi connectivity index (χ2v) is 2.80. The third-order valence-corrected chi connectivity index (χ3v) is 1.77. The summed E-state index contributed by atoms with van der Waals surface area (Å²) >= 11 is 0. The van der Waals surface area contributed by atoms with E-state index in [0.29, 0.717) is 17.0 Å². The zero-order chi connectivity index (χ0) is 10.0. The minimum absolute atomic E-state index is 0.0576. The molecule has 1 aromatic rings. The first-order chi connectivity index (χ1) is 6.00. The van der Waals surface area contributed by atoms with E-state index in [1.165, 1.54) is 0 Å². The monoisotopic (exact) mass is 181 g/mol. The first kappa shape index (κ1) is 9.44. The summed E-state index contributed by atoms with van der Waals surface area (Å²) in [5, 5.41) is 8.60. The topological polar surface area (TPSA) is 89.1 Å². The Morgan fingerprint density at radius 3 is 2.23 bits per heavy atom. The minimum Gasteiger partial charge on any atom is -0.481 e. The summed E-state index contributed by atoms with van der Waals surface area (Å²) in [5.41, 5.74) is 7.29. The fourth-order valence-electron chi connectivity index (χ4n) is 1.17. The van der Waals surface area contributed by atoms with Gasteiger partial charge in [0.1, 0.15) is 0 Å². The van der Waals surface area contributed by atoms with Gasteiger partial charge in [-0.3, -0.25) is 4.79 Å². The number of carbonyl (C=O) groups is 1. The third-order valence-electron chi connectivity index (χ3n) is 1.77. The molecule has 0 aromatic carbocycles. The van der Waals surface area contributed by atoms with E-state index in [2.05, 4.69) is 9.97 Å². The Morgan fingerprint density at radius 1 is 1.38 bits per heavy atom. The van der Waals surface area contributed by atoms with Crippen LogP contribution >= 0.6 is 0 Å². The Bertz CT molecular complexity index is 326. The highest BCUT2D eigenvalue weighted by molar-refractivity contribution is 5.70. The lowest BCUT2D eigenvalue weighted by atomic mass is 10.1. The molecule has 0 radical (unpaired) electrons. The van der Waals surface area contributed by atoms with Gasteiger partial charge < -0.3 is 10.8 Å². The summed E-state index contributed by atoms with van der Waals surface area (Å²) in [4.78, 5) is 18.3. The van der Waals surface area contributed by atoms with Gasteiger partial charge in [0.15, 0.2) is 0 Å². The number of rotatable bonds is 2. The zero-order valence-electron chi connectivity index (χ0n) is 7.53. The second-order valence-electron chi connectivity index (χ2n) is 2.80. The van der Waals surface area contributed by atoms with Crippen LogP contribution in [0.5, 0.6) is 0 Å². The molecule has 1 rings (SSSR count). The van der Waals surface area contributed by atoms with Crippen molar-refractivity contribution in [2.45, 2.75) is 20.3 Å². The highest BCUT2D eigenvalue weighted by atomic mass is 16.4. The van der Waals surface area contributed by atoms with Crippen LogP contribution in [0.25, 0.3) is 0 Å². The van der Waals surface area contributed by atoms with Gasteiger partial charge in [-0.25, -0.2) is 9.97 Å². The lowest BCUT2D eigenvalue weighted by molar-refractivity contribution is -0.136. The number of nitrogens with two attached hydrogens (primary N) is 1. The van der Waals surface area contributed by atoms with E-state index in [1.807, 2.05) is 0 Å². The Balaban J connectivity index is 3.13. The number of hydrogen-bond donors (Lipinski definition) is 2. The predicted molar refractivity (Wildman–Crippen MR) is 47.3 cm³/mol. The zero-order valence-corrected chi connectivity index (χ0v) is 7.53. The number of nitrogen functional groups attached to an aromatic ring is 1. The van der Waals surface area contributed by atoms with Gasteiger partial charge in [-0.05, 0) is 13.8 Å². The summed E-state index contributed by atoms with van der Waals surface area (Å²) in [5.74, 6) is -0.705. The fourth-order valence-corrected chi connectivity index (χ4v) is 1.17. The lowest BCUT2D eigenvalue weighted by Gasteiger charge is -2.05. The molecule has 0 aliphatic heterocycles. The van der Waals surface area contributed by atoms with Crippen molar-refractivity contribution in [3.05, 3.63) is 17.0 Å². The van der Waals surface area contributed by atoms with Crippen LogP contribution in [0.3, 0.4) is 0 Å². The number of anilines is 1. The van der Waals surface area contributed by atoms with Gasteiger partial charge >= 0.3 is 5.97 Å². The van der Waals surface area contributed by atoms with Gasteiger partial charge in [0.25, 0.3) is 0 Å². The van der Waals surface area contributed by atoms with Gasteiger partial charge in [-0.2, -0.15) is 0 Å². The van der Waals surface area contributed by atoms with Crippen molar-refractivity contribution in [2.75, 3.05) is 5.73 Å². The summed E-state index contributed by atoms with van der Waals surface area (Å²) in [6, 6.07) is 0. The van der Waals surface area contributed by atoms with Crippen molar-refractivity contribution >= 4 is 11.9 Å². The van der Waals surface area contributed by atoms with Crippen molar-refractivity contribution in [1.29, 1.82) is 0 Å². The van der Waals surface area contributed by atoms with Crippen molar-refractivity contribution in [3.8, 4) is 0 Å². The average molecular weight is 181 g/mol. The Kier molecular flexibility index (Phi) is 2.46. The molecule has 0 fully saturated rings. The number of aromatic nitrogens is 2. The van der Waals surface area contributed by atoms with Crippen LogP contribution in [-0.2, 0) is 11.2 Å². The summed E-state index contributed by atoms with van der Waals surface area (Å²) in [7, 11) is 0. The third kappa shape index (κ3) is 2.14. The molecule has 70 valence electrons. The summed E-state index contributed by atoms with van der Waals surface area (Å²) in [6.45, 7) is 3.45. The van der Waals surface area contributed by atoms with E-state index >= 15 is 0 Å². The smallest absolute Gasteiger partial charge is 0.307 e. The SMILES string of the molecule is Cc1nc(N)nc(C)c1CC(=O)O. The normalized spacial score (nSPS) is 10.0. The molecule has 0 aliphatic rings. The lowest BCUT2D eigenvalue weighted by Crippen LogP contribution is -2.09. The van der Waals surface area contributed by atoms with Crippen LogP contribution in [0.2, 0.25) is 0 Å². The Hall–Kier alpha value is -1.65. The van der Waals surface area contributed by atoms with Crippen LogP contribution in [0.15, 0.2) is 0 Å². The van der Waals surface area contributed by atoms with Crippen LogP contribution < -0.4 is 5.73 Å². The number of hydrogen-bond acceptors (Lipinski definition) is 4. The molecule has 1 heterocycles. The van der Waals surface area contributed by atoms with E-state index < -0.39 is 5.97 Å². The molecule has 13 heavy (non-hydrogen) atoms. The molecule has 5 nitrogen and oxygen atoms in total. The molecule has 1 aromatic heterocycles. The van der Waals surface area contributed by atoms with Crippen molar-refractivity contribution in [1.82, 2.24) is 9.97 Å². The molecule has 0 spiro atoms. The van der Waals surface area contributed by atoms with E-state index in [1.54, 1.807) is 13.8 Å². The largest absolute Gasteiger partial charge is 0.481 e. The van der Waals surface area contributed by atoms with Crippen LogP contribution in [-0.4, -0.2) is 21.0 Å². The van der Waals surface area contributed by atoms with Gasteiger partial charge in [-0.15, -0.1) is 0 Å². The van der Waals surface area contributed by atoms with E-state index in [9.17, 15) is 4.79 Å². The van der Waals surface area contributed by atoms with Crippen LogP contribution in [0, 0.1) is 13.8 Å². The predicted octanol–water partition coefficient (Wildman–Crippen LogP) is 0.303. The number of aliphatic carboxylic acids is 1. The van der Waals surface area contributed by atoms with Gasteiger partial charge in [0.05, 0.1) is 6.42 Å². The molecular formula is C8H11N3O2. The van der Waals surface area contributed by atoms with Crippen molar-refractivity contribution in [2.24, 2.45) is 0 Å². The minimum atomic E-state index is -0.889. The highest BCUT2D eigenvalue weighted by Crippen LogP contribution is 2.11. The maximum absolute atomic E-state index is 10.5. The highest BCUT2D eigenvalue weighted by Gasteiger charge is 2.10. The first-order valence-corrected chi connectivity index (χ1v) is 3.82. The van der Waals surface area contributed by atoms with E-state index in [4.69, 9.17) is 10.8 Å². The van der Waals surface area contributed by atoms with Gasteiger partial charge in [-0.1, -0.05) is 0 Å². The number of nitrogens with zero attached hydrogens (tertiary/aromatic N) is 2. The standard InChI is InChI=1S/C8H11N3O2/c1-4-6(3-7(12)13)5(2)11-8(9)10-4/h3H2,1-2H3,(H,12,13)(H2,9,10,11). The van der Waals surface area contributed by atoms with Crippen LogP contribution in [0.1, 0.15) is 17.0 Å². The Labute approximate surface area is 75.6 Å². The van der Waals surface area contributed by atoms with Crippen molar-refractivity contribution < 1.29 is 9.90 Å². The first-order valence-electron chi connectivity index (χ1n) is 3.82. The molecule has 5 heteroatoms. The summed E-state index contributed by atoms with van der Waals surface area (Å²) in [6.07, 6.45) is -0.0576. The molecule has 0 unspecified atom stereocenters. The van der Waals surface area contributed by atoms with Gasteiger partial charge in [0, 0.05) is 17.0 Å². The molecular weight excluding hydrogens is 170 g/mol. The van der Waals surface area contributed by atoms with E-state index in [-0.39, 0.29) is 12.4 Å². The van der Waals surface area contributed by atoms with Crippen LogP contribution in [0.4, 0.5) is 5.95 Å². The average Bonchev–Trinajstić information content (AvgIpc) is 1.96. The Morgan fingerprint density at radius 2 is 1.85 bits per heavy atom. The number of carboxylic acids is 1. The number of aryl methyl sites for hydroxylation is 2. The molecule has 0 amide bonds. The second kappa shape index (κ2) is 3.38. The molecule has 0 bridgehead atoms. The molecule has 0 saturated heterocycles. The van der Waals surface area contributed by atoms with Gasteiger partial charge in [0.2, 0.25) is 5.95 Å². The van der Waals surface area contributed by atoms with Crippen molar-refractivity contribution in [3.63, 3.8) is 0 Å². The fraction of sp³-hybridized carbons (Fsp3) is 0.375. The molecule has 3 N–H and O–H groups in total. The molecule has 0 aliphatic carbocycles. The maximum atomic E-state index is 10.5. The molecule has 0 saturated carbocycles. The maximum Gasteiger partial charge on any atom is 0.307 e.